The van der Waals surface area contributed by atoms with E-state index in [1.54, 1.807) is 32.4 Å². The Morgan fingerprint density at radius 1 is 1.21 bits per heavy atom. The SMILES string of the molecule is COc1ccc(C2CC3C4NN=C(SCC(=O)Nc5ccc(OC)c(Cl)c5)N4C=CN3N2)cc1. The largest absolute Gasteiger partial charge is 0.497 e. The van der Waals surface area contributed by atoms with Gasteiger partial charge < -0.3 is 24.7 Å². The lowest BCUT2D eigenvalue weighted by Crippen LogP contribution is -2.54. The number of benzene rings is 2. The number of nitrogens with one attached hydrogen (secondary N) is 3. The number of carbonyl (C=O) groups is 1. The summed E-state index contributed by atoms with van der Waals surface area (Å²) >= 11 is 7.52. The Morgan fingerprint density at radius 2 is 2.03 bits per heavy atom. The van der Waals surface area contributed by atoms with Crippen LogP contribution in [0.2, 0.25) is 5.02 Å². The molecule has 3 aliphatic rings. The van der Waals surface area contributed by atoms with Crippen molar-refractivity contribution in [2.75, 3.05) is 25.3 Å². The molecule has 0 radical (unpaired) electrons. The van der Waals surface area contributed by atoms with Crippen molar-refractivity contribution in [3.8, 4) is 11.5 Å². The summed E-state index contributed by atoms with van der Waals surface area (Å²) in [5, 5.41) is 10.7. The Morgan fingerprint density at radius 3 is 2.76 bits per heavy atom. The van der Waals surface area contributed by atoms with E-state index < -0.39 is 0 Å². The molecule has 3 heterocycles. The number of thioether (sulfide) groups is 1. The lowest BCUT2D eigenvalue weighted by molar-refractivity contribution is -0.113. The van der Waals surface area contributed by atoms with Crippen LogP contribution in [0.25, 0.3) is 0 Å². The lowest BCUT2D eigenvalue weighted by atomic mass is 10.00. The molecule has 3 N–H and O–H groups in total. The molecule has 11 heteroatoms. The first-order chi connectivity index (χ1) is 16.6. The number of hydrogen-bond donors (Lipinski definition) is 3. The number of methoxy groups -OCH3 is 2. The first-order valence-electron chi connectivity index (χ1n) is 10.8. The standard InChI is InChI=1S/C23H25ClN6O3S/c1-32-16-6-3-14(4-7-16)18-12-19-22-26-27-23(29(22)9-10-30(19)28-18)34-13-21(31)25-15-5-8-20(33-2)17(24)11-15/h3-11,18-19,22,26,28H,12-13H2,1-2H3,(H,25,31). The molecule has 3 unspecified atom stereocenters. The molecule has 2 aromatic carbocycles. The molecular formula is C23H25ClN6O3S. The summed E-state index contributed by atoms with van der Waals surface area (Å²) < 4.78 is 10.4. The fraction of sp³-hybridized carbons (Fsp3) is 0.304. The van der Waals surface area contributed by atoms with Crippen LogP contribution in [0.4, 0.5) is 5.69 Å². The molecule has 1 saturated heterocycles. The number of fused-ring (bicyclic) bond motifs is 3. The van der Waals surface area contributed by atoms with E-state index in [1.165, 1.54) is 17.3 Å². The smallest absolute Gasteiger partial charge is 0.234 e. The maximum Gasteiger partial charge on any atom is 0.234 e. The molecule has 0 aliphatic carbocycles. The van der Waals surface area contributed by atoms with Crippen LogP contribution in [0.15, 0.2) is 60.0 Å². The number of nitrogens with zero attached hydrogens (tertiary/aromatic N) is 3. The minimum atomic E-state index is -0.137. The normalized spacial score (nSPS) is 22.6. The maximum absolute atomic E-state index is 12.5. The summed E-state index contributed by atoms with van der Waals surface area (Å²) in [6.07, 6.45) is 4.91. The van der Waals surface area contributed by atoms with E-state index in [0.29, 0.717) is 16.5 Å². The molecular weight excluding hydrogens is 476 g/mol. The average molecular weight is 501 g/mol. The summed E-state index contributed by atoms with van der Waals surface area (Å²) in [4.78, 5) is 14.6. The number of carbonyl (C=O) groups excluding carboxylic acids is 1. The van der Waals surface area contributed by atoms with Crippen LogP contribution in [-0.4, -0.2) is 53.2 Å². The first kappa shape index (κ1) is 22.7. The van der Waals surface area contributed by atoms with Crippen LogP contribution in [0, 0.1) is 0 Å². The van der Waals surface area contributed by atoms with Crippen LogP contribution in [0.5, 0.6) is 11.5 Å². The number of hydrogen-bond acceptors (Lipinski definition) is 9. The predicted octanol–water partition coefficient (Wildman–Crippen LogP) is 3.34. The molecule has 5 rings (SSSR count). The zero-order valence-electron chi connectivity index (χ0n) is 18.7. The van der Waals surface area contributed by atoms with Crippen LogP contribution in [0.1, 0.15) is 18.0 Å². The number of halogens is 1. The van der Waals surface area contributed by atoms with Crippen molar-refractivity contribution in [2.45, 2.75) is 24.7 Å². The summed E-state index contributed by atoms with van der Waals surface area (Å²) in [5.74, 6) is 1.50. The van der Waals surface area contributed by atoms with Gasteiger partial charge in [0.15, 0.2) is 5.17 Å². The van der Waals surface area contributed by atoms with Gasteiger partial charge in [-0.3, -0.25) is 10.2 Å². The van der Waals surface area contributed by atoms with E-state index in [4.69, 9.17) is 21.1 Å². The number of rotatable bonds is 6. The molecule has 3 atom stereocenters. The van der Waals surface area contributed by atoms with E-state index in [2.05, 4.69) is 43.3 Å². The Bertz CT molecular complexity index is 1130. The number of hydrazone groups is 1. The van der Waals surface area contributed by atoms with E-state index in [9.17, 15) is 4.79 Å². The summed E-state index contributed by atoms with van der Waals surface area (Å²) in [6.45, 7) is 0. The Hall–Kier alpha value is -3.08. The molecule has 178 valence electrons. The average Bonchev–Trinajstić information content (AvgIpc) is 3.47. The number of anilines is 1. The van der Waals surface area contributed by atoms with Crippen LogP contribution in [0.3, 0.4) is 0 Å². The van der Waals surface area contributed by atoms with Crippen molar-refractivity contribution >= 4 is 40.1 Å². The summed E-state index contributed by atoms with van der Waals surface area (Å²) in [7, 11) is 3.22. The molecule has 1 fully saturated rings. The number of amides is 1. The Labute approximate surface area is 207 Å². The molecule has 2 aromatic rings. The van der Waals surface area contributed by atoms with Gasteiger partial charge in [0.1, 0.15) is 17.7 Å². The first-order valence-corrected chi connectivity index (χ1v) is 12.2. The lowest BCUT2D eigenvalue weighted by Gasteiger charge is -2.36. The van der Waals surface area contributed by atoms with Gasteiger partial charge in [-0.25, -0.2) is 5.43 Å². The van der Waals surface area contributed by atoms with Gasteiger partial charge in [-0.15, -0.1) is 0 Å². The zero-order valence-corrected chi connectivity index (χ0v) is 20.3. The van der Waals surface area contributed by atoms with Gasteiger partial charge >= 0.3 is 0 Å². The van der Waals surface area contributed by atoms with Crippen LogP contribution < -0.4 is 25.6 Å². The molecule has 3 aliphatic heterocycles. The second kappa shape index (κ2) is 9.65. The van der Waals surface area contributed by atoms with E-state index >= 15 is 0 Å². The van der Waals surface area contributed by atoms with Gasteiger partial charge in [-0.05, 0) is 42.3 Å². The predicted molar refractivity (Wildman–Crippen MR) is 134 cm³/mol. The quantitative estimate of drug-likeness (QED) is 0.556. The van der Waals surface area contributed by atoms with Crippen LogP contribution >= 0.6 is 23.4 Å². The highest BCUT2D eigenvalue weighted by Gasteiger charge is 2.44. The van der Waals surface area contributed by atoms with E-state index in [-0.39, 0.29) is 29.9 Å². The third kappa shape index (κ3) is 4.48. The molecule has 9 nitrogen and oxygen atoms in total. The second-order valence-corrected chi connectivity index (χ2v) is 9.37. The van der Waals surface area contributed by atoms with Crippen molar-refractivity contribution in [3.05, 3.63) is 65.5 Å². The third-order valence-electron chi connectivity index (χ3n) is 5.99. The fourth-order valence-corrected chi connectivity index (χ4v) is 5.31. The fourth-order valence-electron chi connectivity index (χ4n) is 4.27. The van der Waals surface area contributed by atoms with Gasteiger partial charge in [0.05, 0.1) is 37.1 Å². The third-order valence-corrected chi connectivity index (χ3v) is 7.25. The monoisotopic (exact) mass is 500 g/mol. The Balaban J connectivity index is 1.16. The molecule has 0 aromatic heterocycles. The number of hydrazine groups is 1. The highest BCUT2D eigenvalue weighted by molar-refractivity contribution is 8.14. The minimum absolute atomic E-state index is 0.00768. The molecule has 0 bridgehead atoms. The zero-order chi connectivity index (χ0) is 23.7. The van der Waals surface area contributed by atoms with Gasteiger partial charge in [0, 0.05) is 18.1 Å². The van der Waals surface area contributed by atoms with Gasteiger partial charge in [-0.2, -0.15) is 5.10 Å². The van der Waals surface area contributed by atoms with E-state index in [1.807, 2.05) is 24.5 Å². The highest BCUT2D eigenvalue weighted by atomic mass is 35.5. The Kier molecular flexibility index (Phi) is 6.44. The minimum Gasteiger partial charge on any atom is -0.497 e. The van der Waals surface area contributed by atoms with Gasteiger partial charge in [0.25, 0.3) is 0 Å². The highest BCUT2D eigenvalue weighted by Crippen LogP contribution is 2.35. The van der Waals surface area contributed by atoms with Gasteiger partial charge in [-0.1, -0.05) is 35.5 Å². The second-order valence-electron chi connectivity index (χ2n) is 8.03. The van der Waals surface area contributed by atoms with Crippen molar-refractivity contribution in [3.63, 3.8) is 0 Å². The molecule has 0 saturated carbocycles. The van der Waals surface area contributed by atoms with E-state index in [0.717, 1.165) is 17.3 Å². The molecule has 1 amide bonds. The van der Waals surface area contributed by atoms with Crippen LogP contribution in [-0.2, 0) is 4.79 Å². The van der Waals surface area contributed by atoms with Crippen molar-refractivity contribution in [1.82, 2.24) is 20.8 Å². The van der Waals surface area contributed by atoms with Gasteiger partial charge in [0.2, 0.25) is 5.91 Å². The van der Waals surface area contributed by atoms with Crippen molar-refractivity contribution in [1.29, 1.82) is 0 Å². The topological polar surface area (TPSA) is 90.5 Å². The summed E-state index contributed by atoms with van der Waals surface area (Å²) in [5.41, 5.74) is 8.63. The number of amidine groups is 1. The summed E-state index contributed by atoms with van der Waals surface area (Å²) in [6, 6.07) is 13.7. The molecule has 0 spiro atoms. The maximum atomic E-state index is 12.5. The molecule has 34 heavy (non-hydrogen) atoms. The van der Waals surface area contributed by atoms with Crippen molar-refractivity contribution in [2.24, 2.45) is 5.10 Å². The number of ether oxygens (including phenoxy) is 2. The van der Waals surface area contributed by atoms with Crippen molar-refractivity contribution < 1.29 is 14.3 Å².